The van der Waals surface area contributed by atoms with Crippen molar-refractivity contribution in [2.75, 3.05) is 0 Å². The highest BCUT2D eigenvalue weighted by molar-refractivity contribution is 6.38. The van der Waals surface area contributed by atoms with Crippen LogP contribution in [0.25, 0.3) is 22.4 Å². The number of aromatic nitrogens is 3. The SMILES string of the molecule is CC(OC(=O)c1[nH]c2ccccc2c1Cl)c1nnc(-c2ccc([N+](=O)[O-])cc2)o1. The van der Waals surface area contributed by atoms with Crippen molar-refractivity contribution in [2.24, 2.45) is 0 Å². The minimum atomic E-state index is -0.829. The number of halogens is 1. The van der Waals surface area contributed by atoms with Gasteiger partial charge >= 0.3 is 5.97 Å². The molecule has 0 amide bonds. The number of benzene rings is 2. The van der Waals surface area contributed by atoms with Gasteiger partial charge in [-0.25, -0.2) is 4.79 Å². The van der Waals surface area contributed by atoms with E-state index in [1.807, 2.05) is 12.1 Å². The van der Waals surface area contributed by atoms with Crippen molar-refractivity contribution in [2.45, 2.75) is 13.0 Å². The summed E-state index contributed by atoms with van der Waals surface area (Å²) in [6.07, 6.45) is -0.829. The highest BCUT2D eigenvalue weighted by atomic mass is 35.5. The molecule has 9 nitrogen and oxygen atoms in total. The first-order chi connectivity index (χ1) is 13.9. The number of hydrogen-bond acceptors (Lipinski definition) is 7. The van der Waals surface area contributed by atoms with E-state index >= 15 is 0 Å². The van der Waals surface area contributed by atoms with Gasteiger partial charge in [0.15, 0.2) is 6.10 Å². The topological polar surface area (TPSA) is 124 Å². The number of carbonyl (C=O) groups is 1. The van der Waals surface area contributed by atoms with Crippen LogP contribution in [0.5, 0.6) is 0 Å². The third kappa shape index (κ3) is 3.55. The monoisotopic (exact) mass is 412 g/mol. The molecule has 2 aromatic heterocycles. The van der Waals surface area contributed by atoms with Gasteiger partial charge in [0.05, 0.1) is 9.95 Å². The molecule has 4 aromatic rings. The van der Waals surface area contributed by atoms with Gasteiger partial charge in [0.1, 0.15) is 5.69 Å². The Morgan fingerprint density at radius 2 is 1.93 bits per heavy atom. The van der Waals surface area contributed by atoms with Gasteiger partial charge in [-0.15, -0.1) is 10.2 Å². The number of hydrogen-bond donors (Lipinski definition) is 1. The Morgan fingerprint density at radius 3 is 2.62 bits per heavy atom. The smallest absolute Gasteiger partial charge is 0.357 e. The first-order valence-corrected chi connectivity index (χ1v) is 8.87. The maximum Gasteiger partial charge on any atom is 0.357 e. The minimum Gasteiger partial charge on any atom is -0.448 e. The zero-order valence-electron chi connectivity index (χ0n) is 15.0. The van der Waals surface area contributed by atoms with E-state index in [-0.39, 0.29) is 28.2 Å². The number of para-hydroxylation sites is 1. The maximum atomic E-state index is 12.5. The lowest BCUT2D eigenvalue weighted by atomic mass is 10.2. The number of H-pyrrole nitrogens is 1. The van der Waals surface area contributed by atoms with Gasteiger partial charge in [-0.3, -0.25) is 10.1 Å². The molecule has 0 aliphatic rings. The highest BCUT2D eigenvalue weighted by Crippen LogP contribution is 2.29. The molecule has 1 unspecified atom stereocenters. The van der Waals surface area contributed by atoms with E-state index in [4.69, 9.17) is 20.8 Å². The normalized spacial score (nSPS) is 12.1. The van der Waals surface area contributed by atoms with Crippen LogP contribution in [-0.2, 0) is 4.74 Å². The molecule has 0 spiro atoms. The van der Waals surface area contributed by atoms with Crippen LogP contribution >= 0.6 is 11.6 Å². The molecular formula is C19H13ClN4O5. The molecule has 2 aromatic carbocycles. The largest absolute Gasteiger partial charge is 0.448 e. The number of carbonyl (C=O) groups excluding carboxylic acids is 1. The third-order valence-electron chi connectivity index (χ3n) is 4.24. The number of nitro groups is 1. The summed E-state index contributed by atoms with van der Waals surface area (Å²) in [6, 6.07) is 12.9. The van der Waals surface area contributed by atoms with Crippen LogP contribution in [0.1, 0.15) is 29.4 Å². The van der Waals surface area contributed by atoms with E-state index in [0.717, 1.165) is 5.52 Å². The Kier molecular flexibility index (Phi) is 4.73. The van der Waals surface area contributed by atoms with Crippen LogP contribution < -0.4 is 0 Å². The van der Waals surface area contributed by atoms with E-state index < -0.39 is 17.0 Å². The molecular weight excluding hydrogens is 400 g/mol. The lowest BCUT2D eigenvalue weighted by Gasteiger charge is -2.08. The van der Waals surface area contributed by atoms with Gasteiger partial charge in [-0.2, -0.15) is 0 Å². The fourth-order valence-corrected chi connectivity index (χ4v) is 3.05. The number of fused-ring (bicyclic) bond motifs is 1. The molecule has 29 heavy (non-hydrogen) atoms. The van der Waals surface area contributed by atoms with Gasteiger partial charge in [0, 0.05) is 28.6 Å². The summed E-state index contributed by atoms with van der Waals surface area (Å²) in [5.41, 5.74) is 1.31. The lowest BCUT2D eigenvalue weighted by Crippen LogP contribution is -2.10. The number of nitro benzene ring substituents is 1. The van der Waals surface area contributed by atoms with Crippen LogP contribution in [-0.4, -0.2) is 26.1 Å². The number of rotatable bonds is 5. The summed E-state index contributed by atoms with van der Waals surface area (Å²) in [7, 11) is 0. The molecule has 0 radical (unpaired) electrons. The second-order valence-electron chi connectivity index (χ2n) is 6.16. The number of ether oxygens (including phenoxy) is 1. The van der Waals surface area contributed by atoms with Gasteiger partial charge < -0.3 is 14.1 Å². The van der Waals surface area contributed by atoms with Crippen molar-refractivity contribution >= 4 is 34.2 Å². The van der Waals surface area contributed by atoms with Crippen molar-refractivity contribution in [1.82, 2.24) is 15.2 Å². The molecule has 4 rings (SSSR count). The standard InChI is InChI=1S/C19H13ClN4O5/c1-10(28-19(25)16-15(20)13-4-2-3-5-14(13)21-16)17-22-23-18(29-17)11-6-8-12(9-7-11)24(26)27/h2-10,21H,1H3. The summed E-state index contributed by atoms with van der Waals surface area (Å²) >= 11 is 6.27. The molecule has 2 heterocycles. The van der Waals surface area contributed by atoms with Crippen LogP contribution in [0.2, 0.25) is 5.02 Å². The molecule has 1 N–H and O–H groups in total. The summed E-state index contributed by atoms with van der Waals surface area (Å²) in [5, 5.41) is 19.5. The first-order valence-electron chi connectivity index (χ1n) is 8.49. The van der Waals surface area contributed by atoms with Gasteiger partial charge in [0.25, 0.3) is 11.6 Å². The third-order valence-corrected chi connectivity index (χ3v) is 4.64. The molecule has 1 atom stereocenters. The van der Waals surface area contributed by atoms with E-state index in [2.05, 4.69) is 15.2 Å². The summed E-state index contributed by atoms with van der Waals surface area (Å²) in [5.74, 6) is -0.422. The zero-order chi connectivity index (χ0) is 20.5. The molecule has 10 heteroatoms. The predicted octanol–water partition coefficient (Wildman–Crippen LogP) is 4.70. The summed E-state index contributed by atoms with van der Waals surface area (Å²) in [6.45, 7) is 1.58. The van der Waals surface area contributed by atoms with Crippen LogP contribution in [0.4, 0.5) is 5.69 Å². The van der Waals surface area contributed by atoms with E-state index in [1.165, 1.54) is 24.3 Å². The van der Waals surface area contributed by atoms with Crippen molar-refractivity contribution in [3.63, 3.8) is 0 Å². The molecule has 0 aliphatic carbocycles. The number of esters is 1. The van der Waals surface area contributed by atoms with Crippen molar-refractivity contribution in [1.29, 1.82) is 0 Å². The van der Waals surface area contributed by atoms with Crippen LogP contribution in [0.15, 0.2) is 52.9 Å². The maximum absolute atomic E-state index is 12.5. The van der Waals surface area contributed by atoms with Crippen LogP contribution in [0.3, 0.4) is 0 Å². The number of nitrogens with zero attached hydrogens (tertiary/aromatic N) is 3. The summed E-state index contributed by atoms with van der Waals surface area (Å²) in [4.78, 5) is 25.7. The Labute approximate surface area is 168 Å². The van der Waals surface area contributed by atoms with Crippen molar-refractivity contribution in [3.8, 4) is 11.5 Å². The summed E-state index contributed by atoms with van der Waals surface area (Å²) < 4.78 is 10.9. The Hall–Kier alpha value is -3.72. The molecule has 0 saturated heterocycles. The Bertz CT molecular complexity index is 1220. The average Bonchev–Trinajstić information content (AvgIpc) is 3.34. The van der Waals surface area contributed by atoms with Gasteiger partial charge in [-0.05, 0) is 25.1 Å². The van der Waals surface area contributed by atoms with E-state index in [0.29, 0.717) is 10.9 Å². The first kappa shape index (κ1) is 18.6. The number of aromatic amines is 1. The van der Waals surface area contributed by atoms with Gasteiger partial charge in [0.2, 0.25) is 5.89 Å². The lowest BCUT2D eigenvalue weighted by molar-refractivity contribution is -0.384. The zero-order valence-corrected chi connectivity index (χ0v) is 15.7. The number of nitrogens with one attached hydrogen (secondary N) is 1. The Morgan fingerprint density at radius 1 is 1.21 bits per heavy atom. The quantitative estimate of drug-likeness (QED) is 0.286. The number of non-ortho nitro benzene ring substituents is 1. The fraction of sp³-hybridized carbons (Fsp3) is 0.105. The van der Waals surface area contributed by atoms with Crippen molar-refractivity contribution < 1.29 is 18.9 Å². The van der Waals surface area contributed by atoms with Crippen LogP contribution in [0, 0.1) is 10.1 Å². The molecule has 0 saturated carbocycles. The van der Waals surface area contributed by atoms with E-state index in [1.54, 1.807) is 19.1 Å². The second kappa shape index (κ2) is 7.36. The predicted molar refractivity (Wildman–Crippen MR) is 104 cm³/mol. The fourth-order valence-electron chi connectivity index (χ4n) is 2.76. The highest BCUT2D eigenvalue weighted by Gasteiger charge is 2.23. The molecule has 146 valence electrons. The Balaban J connectivity index is 1.51. The van der Waals surface area contributed by atoms with E-state index in [9.17, 15) is 14.9 Å². The van der Waals surface area contributed by atoms with Crippen molar-refractivity contribution in [3.05, 3.63) is 75.3 Å². The molecule has 0 fully saturated rings. The molecule has 0 aliphatic heterocycles. The average molecular weight is 413 g/mol. The second-order valence-corrected chi connectivity index (χ2v) is 6.53. The minimum absolute atomic E-state index is 0.0500. The molecule has 0 bridgehead atoms. The van der Waals surface area contributed by atoms with Gasteiger partial charge in [-0.1, -0.05) is 29.8 Å².